The lowest BCUT2D eigenvalue weighted by molar-refractivity contribution is -0.143. The molecule has 0 radical (unpaired) electrons. The standard InChI is InChI=1S/C22H26N4O2S/c1-14(2)20-18(6-8-24-20)15-5-7-23-19(10-15)21-25-11-17(29-21)13-26-9-3-4-16(12-26)22(27)28/h5-8,10-11,14,16,20H,3-4,9,12-13H2,1-2H3,(H,27,28). The summed E-state index contributed by atoms with van der Waals surface area (Å²) in [7, 11) is 0. The van der Waals surface area contributed by atoms with E-state index >= 15 is 0 Å². The highest BCUT2D eigenvalue weighted by Gasteiger charge is 2.26. The van der Waals surface area contributed by atoms with Crippen molar-refractivity contribution < 1.29 is 9.90 Å². The maximum absolute atomic E-state index is 11.3. The largest absolute Gasteiger partial charge is 0.481 e. The maximum Gasteiger partial charge on any atom is 0.307 e. The summed E-state index contributed by atoms with van der Waals surface area (Å²) in [6.45, 7) is 6.67. The molecule has 2 aliphatic rings. The number of pyridine rings is 1. The van der Waals surface area contributed by atoms with Crippen LogP contribution in [0, 0.1) is 11.8 Å². The van der Waals surface area contributed by atoms with Gasteiger partial charge in [-0.3, -0.25) is 19.7 Å². The second-order valence-corrected chi connectivity index (χ2v) is 9.20. The molecule has 1 N–H and O–H groups in total. The molecule has 7 heteroatoms. The van der Waals surface area contributed by atoms with Crippen molar-refractivity contribution in [1.29, 1.82) is 0 Å². The Hall–Kier alpha value is -2.38. The predicted octanol–water partition coefficient (Wildman–Crippen LogP) is 3.99. The molecule has 0 saturated carbocycles. The smallest absolute Gasteiger partial charge is 0.307 e. The lowest BCUT2D eigenvalue weighted by Gasteiger charge is -2.29. The van der Waals surface area contributed by atoms with Gasteiger partial charge in [0.25, 0.3) is 0 Å². The molecule has 2 unspecified atom stereocenters. The summed E-state index contributed by atoms with van der Waals surface area (Å²) in [5.41, 5.74) is 3.24. The number of rotatable bonds is 6. The summed E-state index contributed by atoms with van der Waals surface area (Å²) in [4.78, 5) is 28.4. The Balaban J connectivity index is 1.48. The van der Waals surface area contributed by atoms with E-state index in [2.05, 4.69) is 45.9 Å². The summed E-state index contributed by atoms with van der Waals surface area (Å²) in [5.74, 6) is -0.502. The van der Waals surface area contributed by atoms with Gasteiger partial charge in [-0.15, -0.1) is 11.3 Å². The first-order valence-corrected chi connectivity index (χ1v) is 10.9. The van der Waals surface area contributed by atoms with Crippen molar-refractivity contribution >= 4 is 29.1 Å². The molecule has 1 saturated heterocycles. The molecule has 0 spiro atoms. The number of carbonyl (C=O) groups is 1. The number of aliphatic carboxylic acids is 1. The Kier molecular flexibility index (Phi) is 5.87. The Morgan fingerprint density at radius 3 is 3.03 bits per heavy atom. The molecular weight excluding hydrogens is 384 g/mol. The number of hydrogen-bond donors (Lipinski definition) is 1. The van der Waals surface area contributed by atoms with Crippen LogP contribution in [0.3, 0.4) is 0 Å². The zero-order valence-electron chi connectivity index (χ0n) is 16.8. The number of aliphatic imine (C=N–C) groups is 1. The van der Waals surface area contributed by atoms with Crippen molar-refractivity contribution in [3.8, 4) is 10.7 Å². The van der Waals surface area contributed by atoms with Gasteiger partial charge in [0.2, 0.25) is 0 Å². The van der Waals surface area contributed by atoms with E-state index in [1.165, 1.54) is 5.57 Å². The van der Waals surface area contributed by atoms with E-state index in [0.717, 1.165) is 47.1 Å². The van der Waals surface area contributed by atoms with Crippen LogP contribution in [0.2, 0.25) is 0 Å². The second kappa shape index (κ2) is 8.55. The highest BCUT2D eigenvalue weighted by molar-refractivity contribution is 7.15. The number of aromatic nitrogens is 2. The first kappa shape index (κ1) is 19.9. The normalized spacial score (nSPS) is 22.2. The van der Waals surface area contributed by atoms with E-state index < -0.39 is 5.97 Å². The fraction of sp³-hybridized carbons (Fsp3) is 0.455. The van der Waals surface area contributed by atoms with Crippen molar-refractivity contribution in [2.75, 3.05) is 13.1 Å². The number of likely N-dealkylation sites (tertiary alicyclic amines) is 1. The molecule has 2 atom stereocenters. The minimum Gasteiger partial charge on any atom is -0.481 e. The third-order valence-corrected chi connectivity index (χ3v) is 6.56. The van der Waals surface area contributed by atoms with Crippen LogP contribution >= 0.6 is 11.3 Å². The zero-order valence-corrected chi connectivity index (χ0v) is 17.6. The van der Waals surface area contributed by atoms with Crippen LogP contribution in [0.25, 0.3) is 16.3 Å². The van der Waals surface area contributed by atoms with E-state index in [1.807, 2.05) is 24.7 Å². The number of carboxylic acids is 1. The highest BCUT2D eigenvalue weighted by Crippen LogP contribution is 2.32. The Morgan fingerprint density at radius 2 is 2.24 bits per heavy atom. The van der Waals surface area contributed by atoms with Crippen LogP contribution < -0.4 is 0 Å². The summed E-state index contributed by atoms with van der Waals surface area (Å²) >= 11 is 1.63. The van der Waals surface area contributed by atoms with Crippen LogP contribution in [0.4, 0.5) is 0 Å². The van der Waals surface area contributed by atoms with Crippen molar-refractivity contribution in [2.45, 2.75) is 39.3 Å². The topological polar surface area (TPSA) is 78.7 Å². The second-order valence-electron chi connectivity index (χ2n) is 8.08. The molecule has 0 aromatic carbocycles. The average molecular weight is 411 g/mol. The van der Waals surface area contributed by atoms with Gasteiger partial charge in [0.15, 0.2) is 0 Å². The van der Waals surface area contributed by atoms with E-state index in [-0.39, 0.29) is 12.0 Å². The van der Waals surface area contributed by atoms with Crippen LogP contribution in [0.1, 0.15) is 37.1 Å². The number of piperidine rings is 1. The maximum atomic E-state index is 11.3. The average Bonchev–Trinajstić information content (AvgIpc) is 3.38. The summed E-state index contributed by atoms with van der Waals surface area (Å²) in [5, 5.41) is 10.2. The van der Waals surface area contributed by atoms with E-state index in [4.69, 9.17) is 0 Å². The molecule has 0 aliphatic carbocycles. The monoisotopic (exact) mass is 410 g/mol. The molecule has 1 fully saturated rings. The number of nitrogens with zero attached hydrogens (tertiary/aromatic N) is 4. The van der Waals surface area contributed by atoms with Gasteiger partial charge in [-0.25, -0.2) is 4.98 Å². The van der Waals surface area contributed by atoms with Crippen molar-refractivity contribution in [3.63, 3.8) is 0 Å². The molecule has 2 aromatic heterocycles. The number of hydrogen-bond acceptors (Lipinski definition) is 6. The van der Waals surface area contributed by atoms with Gasteiger partial charge in [0.1, 0.15) is 5.01 Å². The molecule has 0 bridgehead atoms. The van der Waals surface area contributed by atoms with Gasteiger partial charge in [-0.2, -0.15) is 0 Å². The number of thiazole rings is 1. The van der Waals surface area contributed by atoms with Gasteiger partial charge < -0.3 is 5.11 Å². The van der Waals surface area contributed by atoms with E-state index in [9.17, 15) is 9.90 Å². The van der Waals surface area contributed by atoms with Gasteiger partial charge in [0, 0.05) is 36.6 Å². The van der Waals surface area contributed by atoms with Gasteiger partial charge in [-0.1, -0.05) is 13.8 Å². The minimum absolute atomic E-state index is 0.193. The number of carboxylic acid groups (broad SMARTS) is 1. The fourth-order valence-corrected chi connectivity index (χ4v) is 4.96. The fourth-order valence-electron chi connectivity index (χ4n) is 4.04. The quantitative estimate of drug-likeness (QED) is 0.779. The highest BCUT2D eigenvalue weighted by atomic mass is 32.1. The first-order valence-electron chi connectivity index (χ1n) is 10.1. The van der Waals surface area contributed by atoms with Crippen LogP contribution in [-0.2, 0) is 11.3 Å². The molecule has 4 rings (SSSR count). The molecule has 2 aliphatic heterocycles. The summed E-state index contributed by atoms with van der Waals surface area (Å²) < 4.78 is 0. The number of allylic oxidation sites excluding steroid dienone is 1. The van der Waals surface area contributed by atoms with Gasteiger partial charge in [0.05, 0.1) is 17.7 Å². The first-order chi connectivity index (χ1) is 14.0. The van der Waals surface area contributed by atoms with Gasteiger partial charge in [-0.05, 0) is 54.6 Å². The molecule has 4 heterocycles. The molecule has 6 nitrogen and oxygen atoms in total. The van der Waals surface area contributed by atoms with Crippen molar-refractivity contribution in [3.05, 3.63) is 41.0 Å². The zero-order chi connectivity index (χ0) is 20.4. The predicted molar refractivity (Wildman–Crippen MR) is 116 cm³/mol. The molecule has 152 valence electrons. The van der Waals surface area contributed by atoms with Crippen LogP contribution in [0.15, 0.2) is 35.6 Å². The molecule has 0 amide bonds. The van der Waals surface area contributed by atoms with Crippen molar-refractivity contribution in [1.82, 2.24) is 14.9 Å². The van der Waals surface area contributed by atoms with Crippen LogP contribution in [0.5, 0.6) is 0 Å². The van der Waals surface area contributed by atoms with Crippen LogP contribution in [-0.4, -0.2) is 51.3 Å². The Labute approximate surface area is 175 Å². The van der Waals surface area contributed by atoms with Gasteiger partial charge >= 0.3 is 5.97 Å². The van der Waals surface area contributed by atoms with E-state index in [1.54, 1.807) is 11.3 Å². The molecule has 2 aromatic rings. The third kappa shape index (κ3) is 4.46. The lowest BCUT2D eigenvalue weighted by Crippen LogP contribution is -2.37. The summed E-state index contributed by atoms with van der Waals surface area (Å²) in [6.07, 6.45) is 9.42. The van der Waals surface area contributed by atoms with E-state index in [0.29, 0.717) is 12.5 Å². The Morgan fingerprint density at radius 1 is 1.38 bits per heavy atom. The lowest BCUT2D eigenvalue weighted by atomic mass is 9.92. The summed E-state index contributed by atoms with van der Waals surface area (Å²) in [6, 6.07) is 4.33. The SMILES string of the molecule is CC(C)C1N=CC=C1c1ccnc(-c2ncc(CN3CCCC(C(=O)O)C3)s2)c1. The molecular formula is C22H26N4O2S. The van der Waals surface area contributed by atoms with Crippen molar-refractivity contribution in [2.24, 2.45) is 16.8 Å². The minimum atomic E-state index is -0.689. The Bertz CT molecular complexity index is 950. The third-order valence-electron chi connectivity index (χ3n) is 5.55. The molecule has 29 heavy (non-hydrogen) atoms.